The van der Waals surface area contributed by atoms with Gasteiger partial charge in [-0.2, -0.15) is 0 Å². The number of β-amino-alcohol motifs (C(OH)–C–C–N with tert-alkyl or cyclic N) is 1. The summed E-state index contributed by atoms with van der Waals surface area (Å²) in [5.41, 5.74) is 2.21. The maximum Gasteiger partial charge on any atom is 0.127 e. The summed E-state index contributed by atoms with van der Waals surface area (Å²) in [6, 6.07) is 30.9. The van der Waals surface area contributed by atoms with E-state index in [1.165, 1.54) is 5.56 Å². The Bertz CT molecular complexity index is 746. The average Bonchev–Trinajstić information content (AvgIpc) is 3.43. The van der Waals surface area contributed by atoms with Crippen LogP contribution in [0.25, 0.3) is 0 Å². The Kier molecular flexibility index (Phi) is 3.93. The Balaban J connectivity index is 1.63. The molecule has 24 heavy (non-hydrogen) atoms. The van der Waals surface area contributed by atoms with Crippen LogP contribution in [0.5, 0.6) is 0 Å². The van der Waals surface area contributed by atoms with Crippen molar-refractivity contribution in [1.29, 1.82) is 0 Å². The molecule has 0 spiro atoms. The number of benzene rings is 3. The summed E-state index contributed by atoms with van der Waals surface area (Å²) < 4.78 is 0. The lowest BCUT2D eigenvalue weighted by Crippen LogP contribution is -2.35. The summed E-state index contributed by atoms with van der Waals surface area (Å²) in [7, 11) is 0. The highest BCUT2D eigenvalue weighted by molar-refractivity contribution is 5.37. The zero-order chi connectivity index (χ0) is 16.4. The van der Waals surface area contributed by atoms with Crippen molar-refractivity contribution < 1.29 is 5.11 Å². The summed E-state index contributed by atoms with van der Waals surface area (Å²) in [5, 5.41) is 11.6. The van der Waals surface area contributed by atoms with Crippen molar-refractivity contribution in [3.05, 3.63) is 108 Å². The molecule has 2 atom stereocenters. The van der Waals surface area contributed by atoms with Crippen molar-refractivity contribution in [1.82, 2.24) is 4.90 Å². The maximum absolute atomic E-state index is 11.6. The highest BCUT2D eigenvalue weighted by Crippen LogP contribution is 2.40. The van der Waals surface area contributed by atoms with E-state index in [2.05, 4.69) is 29.2 Å². The van der Waals surface area contributed by atoms with E-state index in [1.54, 1.807) is 0 Å². The number of nitrogens with zero attached hydrogens (tertiary/aromatic N) is 1. The first kappa shape index (κ1) is 15.1. The summed E-state index contributed by atoms with van der Waals surface area (Å²) in [6.45, 7) is 1.59. The smallest absolute Gasteiger partial charge is 0.127 e. The number of aliphatic hydroxyl groups is 1. The lowest BCUT2D eigenvalue weighted by atomic mass is 9.86. The van der Waals surface area contributed by atoms with E-state index in [1.807, 2.05) is 66.7 Å². The van der Waals surface area contributed by atoms with Gasteiger partial charge in [0.25, 0.3) is 0 Å². The second kappa shape index (κ2) is 6.23. The molecule has 0 aliphatic carbocycles. The van der Waals surface area contributed by atoms with Crippen LogP contribution in [0.15, 0.2) is 91.0 Å². The van der Waals surface area contributed by atoms with Crippen LogP contribution in [0.4, 0.5) is 0 Å². The lowest BCUT2D eigenvalue weighted by Gasteiger charge is -2.30. The molecule has 1 N–H and O–H groups in total. The van der Waals surface area contributed by atoms with Gasteiger partial charge in [-0.1, -0.05) is 91.0 Å². The molecule has 4 rings (SSSR count). The quantitative estimate of drug-likeness (QED) is 0.720. The molecule has 0 aromatic heterocycles. The third-order valence-electron chi connectivity index (χ3n) is 4.83. The van der Waals surface area contributed by atoms with Crippen LogP contribution >= 0.6 is 0 Å². The highest BCUT2D eigenvalue weighted by atomic mass is 16.3. The zero-order valence-electron chi connectivity index (χ0n) is 13.5. The van der Waals surface area contributed by atoms with Gasteiger partial charge in [0.2, 0.25) is 0 Å². The molecular weight excluding hydrogens is 294 g/mol. The van der Waals surface area contributed by atoms with Crippen molar-refractivity contribution in [2.24, 2.45) is 0 Å². The zero-order valence-corrected chi connectivity index (χ0v) is 13.5. The van der Waals surface area contributed by atoms with Crippen LogP contribution in [0.3, 0.4) is 0 Å². The molecule has 3 aromatic carbocycles. The minimum Gasteiger partial charge on any atom is -0.379 e. The molecule has 1 aliphatic heterocycles. The van der Waals surface area contributed by atoms with Crippen molar-refractivity contribution >= 4 is 0 Å². The second-order valence-corrected chi connectivity index (χ2v) is 6.45. The normalized spacial score (nSPS) is 19.9. The van der Waals surface area contributed by atoms with Gasteiger partial charge in [0.1, 0.15) is 5.60 Å². The van der Waals surface area contributed by atoms with Crippen LogP contribution in [0.1, 0.15) is 22.7 Å². The fraction of sp³-hybridized carbons (Fsp3) is 0.182. The third-order valence-corrected chi connectivity index (χ3v) is 4.83. The van der Waals surface area contributed by atoms with Gasteiger partial charge in [0, 0.05) is 19.1 Å². The van der Waals surface area contributed by atoms with Gasteiger partial charge in [-0.15, -0.1) is 0 Å². The molecule has 0 bridgehead atoms. The van der Waals surface area contributed by atoms with Gasteiger partial charge in [-0.3, -0.25) is 4.90 Å². The summed E-state index contributed by atoms with van der Waals surface area (Å²) in [4.78, 5) is 2.33. The lowest BCUT2D eigenvalue weighted by molar-refractivity contribution is 0.0619. The minimum absolute atomic E-state index is 0.408. The Morgan fingerprint density at radius 3 is 1.71 bits per heavy atom. The second-order valence-electron chi connectivity index (χ2n) is 6.45. The van der Waals surface area contributed by atoms with Gasteiger partial charge in [0.05, 0.1) is 0 Å². The first-order chi connectivity index (χ1) is 11.8. The van der Waals surface area contributed by atoms with E-state index >= 15 is 0 Å². The van der Waals surface area contributed by atoms with Crippen LogP contribution < -0.4 is 0 Å². The molecular formula is C22H21NO. The van der Waals surface area contributed by atoms with Gasteiger partial charge >= 0.3 is 0 Å². The van der Waals surface area contributed by atoms with Crippen LogP contribution in [-0.4, -0.2) is 23.1 Å². The van der Waals surface area contributed by atoms with Crippen LogP contribution in [0.2, 0.25) is 0 Å². The number of hydrogen-bond donors (Lipinski definition) is 1. The van der Waals surface area contributed by atoms with E-state index < -0.39 is 5.60 Å². The van der Waals surface area contributed by atoms with E-state index in [-0.39, 0.29) is 0 Å². The van der Waals surface area contributed by atoms with Gasteiger partial charge < -0.3 is 5.11 Å². The predicted octanol–water partition coefficient (Wildman–Crippen LogP) is 3.98. The van der Waals surface area contributed by atoms with E-state index in [4.69, 9.17) is 0 Å². The number of hydrogen-bond acceptors (Lipinski definition) is 2. The fourth-order valence-electron chi connectivity index (χ4n) is 3.41. The molecule has 2 heteroatoms. The number of rotatable bonds is 5. The first-order valence-electron chi connectivity index (χ1n) is 8.40. The Morgan fingerprint density at radius 2 is 1.21 bits per heavy atom. The van der Waals surface area contributed by atoms with E-state index in [0.717, 1.165) is 17.7 Å². The standard InChI is InChI=1S/C22H21NO/c24-22(19-12-6-2-7-13-19,20-14-8-3-9-15-20)17-23-16-21(23)18-10-4-1-5-11-18/h1-15,21,24H,16-17H2. The van der Waals surface area contributed by atoms with E-state index in [0.29, 0.717) is 12.6 Å². The Morgan fingerprint density at radius 1 is 0.750 bits per heavy atom. The van der Waals surface area contributed by atoms with Gasteiger partial charge in [0.15, 0.2) is 0 Å². The average molecular weight is 315 g/mol. The van der Waals surface area contributed by atoms with Crippen molar-refractivity contribution in [2.75, 3.05) is 13.1 Å². The summed E-state index contributed by atoms with van der Waals surface area (Å²) in [6.07, 6.45) is 0. The van der Waals surface area contributed by atoms with Gasteiger partial charge in [-0.05, 0) is 16.7 Å². The van der Waals surface area contributed by atoms with Crippen molar-refractivity contribution in [2.45, 2.75) is 11.6 Å². The first-order valence-corrected chi connectivity index (χ1v) is 8.40. The SMILES string of the molecule is OC(CN1CC1c1ccccc1)(c1ccccc1)c1ccccc1. The largest absolute Gasteiger partial charge is 0.379 e. The topological polar surface area (TPSA) is 23.2 Å². The molecule has 0 amide bonds. The molecule has 3 aromatic rings. The Hall–Kier alpha value is -2.42. The molecule has 1 heterocycles. The molecule has 2 unspecified atom stereocenters. The molecule has 1 fully saturated rings. The Labute approximate surface area is 143 Å². The molecule has 0 saturated carbocycles. The summed E-state index contributed by atoms with van der Waals surface area (Å²) >= 11 is 0. The van der Waals surface area contributed by atoms with Crippen LogP contribution in [0, 0.1) is 0 Å². The molecule has 1 aliphatic rings. The van der Waals surface area contributed by atoms with E-state index in [9.17, 15) is 5.11 Å². The predicted molar refractivity (Wildman–Crippen MR) is 96.6 cm³/mol. The molecule has 0 radical (unpaired) electrons. The van der Waals surface area contributed by atoms with Crippen molar-refractivity contribution in [3.63, 3.8) is 0 Å². The maximum atomic E-state index is 11.6. The van der Waals surface area contributed by atoms with Crippen molar-refractivity contribution in [3.8, 4) is 0 Å². The fourth-order valence-corrected chi connectivity index (χ4v) is 3.41. The van der Waals surface area contributed by atoms with Gasteiger partial charge in [-0.25, -0.2) is 0 Å². The molecule has 2 nitrogen and oxygen atoms in total. The molecule has 1 saturated heterocycles. The molecule has 120 valence electrons. The third kappa shape index (κ3) is 2.86. The minimum atomic E-state index is -0.994. The highest BCUT2D eigenvalue weighted by Gasteiger charge is 2.43. The summed E-state index contributed by atoms with van der Waals surface area (Å²) in [5.74, 6) is 0. The van der Waals surface area contributed by atoms with Crippen LogP contribution in [-0.2, 0) is 5.60 Å². The monoisotopic (exact) mass is 315 g/mol.